The molecular formula is C14H21ClN2OS. The topological polar surface area (TPSA) is 32.3 Å². The average Bonchev–Trinajstić information content (AvgIpc) is 2.69. The maximum Gasteiger partial charge on any atom is 0.240 e. The van der Waals surface area contributed by atoms with Crippen LogP contribution < -0.4 is 5.32 Å². The molecule has 1 saturated heterocycles. The van der Waals surface area contributed by atoms with Crippen LogP contribution in [-0.4, -0.2) is 43.2 Å². The maximum atomic E-state index is 12.6. The smallest absolute Gasteiger partial charge is 0.240 e. The van der Waals surface area contributed by atoms with Crippen LogP contribution in [0.4, 0.5) is 0 Å². The molecule has 0 aliphatic carbocycles. The number of hydrogen-bond donors (Lipinski definition) is 1. The third kappa shape index (κ3) is 4.41. The zero-order valence-corrected chi connectivity index (χ0v) is 12.8. The largest absolute Gasteiger partial charge is 0.340 e. The van der Waals surface area contributed by atoms with Crippen molar-refractivity contribution in [2.24, 2.45) is 0 Å². The normalized spacial score (nSPS) is 17.2. The fraction of sp³-hybridized carbons (Fsp3) is 0.500. The van der Waals surface area contributed by atoms with E-state index in [1.807, 2.05) is 41.5 Å². The summed E-state index contributed by atoms with van der Waals surface area (Å²) >= 11 is 1.62. The number of hydrogen-bond acceptors (Lipinski definition) is 3. The predicted molar refractivity (Wildman–Crippen MR) is 84.0 cm³/mol. The second kappa shape index (κ2) is 8.46. The van der Waals surface area contributed by atoms with E-state index >= 15 is 0 Å². The van der Waals surface area contributed by atoms with Gasteiger partial charge in [-0.25, -0.2) is 0 Å². The van der Waals surface area contributed by atoms with E-state index in [2.05, 4.69) is 5.32 Å². The van der Waals surface area contributed by atoms with E-state index in [1.54, 1.807) is 11.8 Å². The number of amides is 1. The van der Waals surface area contributed by atoms with E-state index in [4.69, 9.17) is 0 Å². The maximum absolute atomic E-state index is 12.6. The van der Waals surface area contributed by atoms with Gasteiger partial charge in [-0.2, -0.15) is 0 Å². The van der Waals surface area contributed by atoms with Gasteiger partial charge >= 0.3 is 0 Å². The van der Waals surface area contributed by atoms with Crippen LogP contribution in [0.1, 0.15) is 17.2 Å². The highest BCUT2D eigenvalue weighted by atomic mass is 35.5. The van der Waals surface area contributed by atoms with Crippen molar-refractivity contribution in [3.8, 4) is 0 Å². The summed E-state index contributed by atoms with van der Waals surface area (Å²) in [6.45, 7) is 3.61. The monoisotopic (exact) mass is 300 g/mol. The minimum atomic E-state index is -0.0655. The van der Waals surface area contributed by atoms with Crippen molar-refractivity contribution in [3.05, 3.63) is 35.9 Å². The third-order valence-electron chi connectivity index (χ3n) is 3.21. The lowest BCUT2D eigenvalue weighted by Gasteiger charge is -2.25. The second-order valence-corrected chi connectivity index (χ2v) is 5.40. The van der Waals surface area contributed by atoms with Gasteiger partial charge in [0.1, 0.15) is 5.25 Å². The summed E-state index contributed by atoms with van der Waals surface area (Å²) < 4.78 is 0. The predicted octanol–water partition coefficient (Wildman–Crippen LogP) is 2.33. The zero-order valence-electron chi connectivity index (χ0n) is 11.2. The first kappa shape index (κ1) is 16.3. The molecule has 19 heavy (non-hydrogen) atoms. The molecule has 1 heterocycles. The van der Waals surface area contributed by atoms with Gasteiger partial charge in [-0.3, -0.25) is 4.79 Å². The van der Waals surface area contributed by atoms with Gasteiger partial charge < -0.3 is 10.2 Å². The molecular weight excluding hydrogens is 280 g/mol. The molecule has 2 rings (SSSR count). The molecule has 1 fully saturated rings. The highest BCUT2D eigenvalue weighted by molar-refractivity contribution is 7.99. The van der Waals surface area contributed by atoms with Crippen LogP contribution in [0, 0.1) is 0 Å². The van der Waals surface area contributed by atoms with Gasteiger partial charge in [0.15, 0.2) is 0 Å². The molecule has 1 N–H and O–H groups in total. The van der Waals surface area contributed by atoms with Crippen molar-refractivity contribution in [2.75, 3.05) is 32.4 Å². The summed E-state index contributed by atoms with van der Waals surface area (Å²) in [6.07, 6.45) is 3.05. The van der Waals surface area contributed by atoms with Crippen LogP contribution in [0.15, 0.2) is 30.3 Å². The van der Waals surface area contributed by atoms with Crippen molar-refractivity contribution in [1.29, 1.82) is 0 Å². The second-order valence-electron chi connectivity index (χ2n) is 4.46. The Morgan fingerprint density at radius 3 is 2.68 bits per heavy atom. The number of benzene rings is 1. The highest BCUT2D eigenvalue weighted by Gasteiger charge is 2.25. The summed E-state index contributed by atoms with van der Waals surface area (Å²) in [7, 11) is 0. The Labute approximate surface area is 125 Å². The van der Waals surface area contributed by atoms with Crippen LogP contribution in [0.2, 0.25) is 0 Å². The summed E-state index contributed by atoms with van der Waals surface area (Å²) in [6, 6.07) is 10.1. The van der Waals surface area contributed by atoms with Crippen LogP contribution >= 0.6 is 24.2 Å². The lowest BCUT2D eigenvalue weighted by Crippen LogP contribution is -2.36. The molecule has 106 valence electrons. The summed E-state index contributed by atoms with van der Waals surface area (Å²) in [5.74, 6) is 0.248. The third-order valence-corrected chi connectivity index (χ3v) is 4.16. The Bertz CT molecular complexity index is 380. The van der Waals surface area contributed by atoms with Gasteiger partial charge in [-0.05, 0) is 24.8 Å². The quantitative estimate of drug-likeness (QED) is 0.930. The molecule has 5 heteroatoms. The number of nitrogens with zero attached hydrogens (tertiary/aromatic N) is 1. The van der Waals surface area contributed by atoms with Crippen LogP contribution in [0.25, 0.3) is 0 Å². The lowest BCUT2D eigenvalue weighted by atomic mass is 10.1. The first-order chi connectivity index (χ1) is 8.83. The van der Waals surface area contributed by atoms with Gasteiger partial charge in [-0.15, -0.1) is 24.2 Å². The van der Waals surface area contributed by atoms with Crippen LogP contribution in [0.5, 0.6) is 0 Å². The van der Waals surface area contributed by atoms with Gasteiger partial charge in [0, 0.05) is 19.6 Å². The molecule has 1 aromatic carbocycles. The van der Waals surface area contributed by atoms with E-state index in [0.717, 1.165) is 38.2 Å². The van der Waals surface area contributed by atoms with Crippen molar-refractivity contribution in [3.63, 3.8) is 0 Å². The molecule has 0 bridgehead atoms. The Hall–Kier alpha value is -0.710. The summed E-state index contributed by atoms with van der Waals surface area (Å²) in [5, 5.41) is 3.26. The molecule has 1 unspecified atom stereocenters. The van der Waals surface area contributed by atoms with Crippen LogP contribution in [-0.2, 0) is 4.79 Å². The Morgan fingerprint density at radius 1 is 1.26 bits per heavy atom. The first-order valence-electron chi connectivity index (χ1n) is 6.40. The number of carbonyl (C=O) groups is 1. The number of nitrogens with one attached hydrogen (secondary N) is 1. The SMILES string of the molecule is CSC(C(=O)N1CCCNCC1)c1ccccc1.Cl. The molecule has 0 radical (unpaired) electrons. The zero-order chi connectivity index (χ0) is 12.8. The number of rotatable bonds is 3. The van der Waals surface area contributed by atoms with Crippen LogP contribution in [0.3, 0.4) is 0 Å². The summed E-state index contributed by atoms with van der Waals surface area (Å²) in [4.78, 5) is 14.6. The molecule has 1 aromatic rings. The van der Waals surface area contributed by atoms with Gasteiger partial charge in [0.2, 0.25) is 5.91 Å². The minimum Gasteiger partial charge on any atom is -0.340 e. The molecule has 0 saturated carbocycles. The fourth-order valence-corrected chi connectivity index (χ4v) is 3.02. The number of halogens is 1. The van der Waals surface area contributed by atoms with Gasteiger partial charge in [0.05, 0.1) is 0 Å². The van der Waals surface area contributed by atoms with E-state index in [1.165, 1.54) is 0 Å². The van der Waals surface area contributed by atoms with Crippen molar-refractivity contribution in [1.82, 2.24) is 10.2 Å². The van der Waals surface area contributed by atoms with Gasteiger partial charge in [-0.1, -0.05) is 30.3 Å². The van der Waals surface area contributed by atoms with Crippen molar-refractivity contribution >= 4 is 30.1 Å². The fourth-order valence-electron chi connectivity index (χ4n) is 2.24. The molecule has 1 atom stereocenters. The van der Waals surface area contributed by atoms with E-state index in [0.29, 0.717) is 0 Å². The van der Waals surface area contributed by atoms with E-state index in [9.17, 15) is 4.79 Å². The lowest BCUT2D eigenvalue weighted by molar-refractivity contribution is -0.130. The Kier molecular flexibility index (Phi) is 7.28. The molecule has 3 nitrogen and oxygen atoms in total. The standard InChI is InChI=1S/C14H20N2OS.ClH/c1-18-13(12-6-3-2-4-7-12)14(17)16-10-5-8-15-9-11-16;/h2-4,6-7,13,15H,5,8-11H2,1H3;1H. The Balaban J connectivity index is 0.00000180. The molecule has 1 amide bonds. The van der Waals surface area contributed by atoms with Crippen molar-refractivity contribution < 1.29 is 4.79 Å². The molecule has 1 aliphatic rings. The van der Waals surface area contributed by atoms with E-state index < -0.39 is 0 Å². The minimum absolute atomic E-state index is 0. The number of thioether (sulfide) groups is 1. The molecule has 0 aromatic heterocycles. The molecule has 1 aliphatic heterocycles. The van der Waals surface area contributed by atoms with Gasteiger partial charge in [0.25, 0.3) is 0 Å². The number of carbonyl (C=O) groups excluding carboxylic acids is 1. The average molecular weight is 301 g/mol. The molecule has 0 spiro atoms. The Morgan fingerprint density at radius 2 is 2.00 bits per heavy atom. The first-order valence-corrected chi connectivity index (χ1v) is 7.69. The van der Waals surface area contributed by atoms with E-state index in [-0.39, 0.29) is 23.6 Å². The highest BCUT2D eigenvalue weighted by Crippen LogP contribution is 2.28. The summed E-state index contributed by atoms with van der Waals surface area (Å²) in [5.41, 5.74) is 1.10. The van der Waals surface area contributed by atoms with Crippen molar-refractivity contribution in [2.45, 2.75) is 11.7 Å².